The highest BCUT2D eigenvalue weighted by Gasteiger charge is 2.15. The lowest BCUT2D eigenvalue weighted by molar-refractivity contribution is 0.234. The molecule has 2 N–H and O–H groups in total. The summed E-state index contributed by atoms with van der Waals surface area (Å²) in [5, 5.41) is 5.78. The summed E-state index contributed by atoms with van der Waals surface area (Å²) in [6.45, 7) is 9.79. The average molecular weight is 238 g/mol. The van der Waals surface area contributed by atoms with Gasteiger partial charge in [-0.05, 0) is 40.2 Å². The van der Waals surface area contributed by atoms with Gasteiger partial charge in [-0.3, -0.25) is 0 Å². The summed E-state index contributed by atoms with van der Waals surface area (Å²) < 4.78 is 5.45. The predicted molar refractivity (Wildman–Crippen MR) is 68.0 cm³/mol. The number of amides is 2. The molecule has 0 fully saturated rings. The fraction of sp³-hybridized carbons (Fsp3) is 0.615. The van der Waals surface area contributed by atoms with Crippen LogP contribution in [0.2, 0.25) is 0 Å². The van der Waals surface area contributed by atoms with Crippen LogP contribution in [0.1, 0.15) is 50.3 Å². The molecule has 1 aromatic heterocycles. The lowest BCUT2D eigenvalue weighted by Gasteiger charge is -2.16. The van der Waals surface area contributed by atoms with Gasteiger partial charge in [-0.25, -0.2) is 4.79 Å². The Morgan fingerprint density at radius 2 is 2.00 bits per heavy atom. The molecule has 0 aliphatic rings. The van der Waals surface area contributed by atoms with Gasteiger partial charge in [0.2, 0.25) is 0 Å². The molecule has 1 heterocycles. The summed E-state index contributed by atoms with van der Waals surface area (Å²) in [7, 11) is 0. The van der Waals surface area contributed by atoms with E-state index in [1.165, 1.54) is 0 Å². The van der Waals surface area contributed by atoms with E-state index < -0.39 is 0 Å². The van der Waals surface area contributed by atoms with Gasteiger partial charge in [-0.1, -0.05) is 6.92 Å². The van der Waals surface area contributed by atoms with E-state index in [1.54, 1.807) is 0 Å². The third-order valence-corrected chi connectivity index (χ3v) is 2.88. The molecule has 2 unspecified atom stereocenters. The molecular formula is C13H22N2O2. The number of urea groups is 1. The van der Waals surface area contributed by atoms with Crippen LogP contribution < -0.4 is 10.6 Å². The first-order valence-electron chi connectivity index (χ1n) is 6.08. The Balaban J connectivity index is 2.57. The summed E-state index contributed by atoms with van der Waals surface area (Å²) in [5.41, 5.74) is 1.03. The van der Waals surface area contributed by atoms with E-state index in [-0.39, 0.29) is 18.1 Å². The fourth-order valence-corrected chi connectivity index (χ4v) is 1.72. The number of carbonyl (C=O) groups is 1. The molecule has 0 saturated carbocycles. The molecule has 0 saturated heterocycles. The van der Waals surface area contributed by atoms with E-state index >= 15 is 0 Å². The van der Waals surface area contributed by atoms with Gasteiger partial charge in [0.05, 0.1) is 6.04 Å². The molecule has 0 bridgehead atoms. The number of furan rings is 1. The Hall–Kier alpha value is -1.45. The van der Waals surface area contributed by atoms with E-state index in [1.807, 2.05) is 40.7 Å². The van der Waals surface area contributed by atoms with Crippen molar-refractivity contribution in [3.8, 4) is 0 Å². The van der Waals surface area contributed by atoms with Crippen LogP contribution in [0.5, 0.6) is 0 Å². The lowest BCUT2D eigenvalue weighted by Crippen LogP contribution is -2.41. The summed E-state index contributed by atoms with van der Waals surface area (Å²) in [4.78, 5) is 11.7. The highest BCUT2D eigenvalue weighted by molar-refractivity contribution is 5.74. The summed E-state index contributed by atoms with van der Waals surface area (Å²) in [6.07, 6.45) is 0.922. The smallest absolute Gasteiger partial charge is 0.315 e. The van der Waals surface area contributed by atoms with E-state index in [4.69, 9.17) is 4.42 Å². The van der Waals surface area contributed by atoms with Gasteiger partial charge in [0, 0.05) is 11.6 Å². The Labute approximate surface area is 103 Å². The van der Waals surface area contributed by atoms with Crippen LogP contribution in [0.15, 0.2) is 10.5 Å². The van der Waals surface area contributed by atoms with E-state index in [0.717, 1.165) is 23.5 Å². The van der Waals surface area contributed by atoms with Crippen molar-refractivity contribution in [2.75, 3.05) is 0 Å². The van der Waals surface area contributed by atoms with Crippen molar-refractivity contribution in [2.24, 2.45) is 0 Å². The van der Waals surface area contributed by atoms with Crippen LogP contribution in [0.25, 0.3) is 0 Å². The van der Waals surface area contributed by atoms with Gasteiger partial charge in [-0.15, -0.1) is 0 Å². The highest BCUT2D eigenvalue weighted by atomic mass is 16.3. The summed E-state index contributed by atoms with van der Waals surface area (Å²) in [6, 6.07) is 1.97. The van der Waals surface area contributed by atoms with Gasteiger partial charge in [-0.2, -0.15) is 0 Å². The molecule has 4 nitrogen and oxygen atoms in total. The fourth-order valence-electron chi connectivity index (χ4n) is 1.72. The molecular weight excluding hydrogens is 216 g/mol. The first-order valence-corrected chi connectivity index (χ1v) is 6.08. The Kier molecular flexibility index (Phi) is 4.61. The van der Waals surface area contributed by atoms with Crippen molar-refractivity contribution >= 4 is 6.03 Å². The van der Waals surface area contributed by atoms with Crippen molar-refractivity contribution < 1.29 is 9.21 Å². The van der Waals surface area contributed by atoms with Crippen LogP contribution in [0, 0.1) is 13.8 Å². The minimum absolute atomic E-state index is 0.0449. The molecule has 2 atom stereocenters. The van der Waals surface area contributed by atoms with Gasteiger partial charge in [0.15, 0.2) is 0 Å². The minimum atomic E-state index is -0.134. The number of hydrogen-bond acceptors (Lipinski definition) is 2. The molecule has 0 aliphatic heterocycles. The zero-order valence-corrected chi connectivity index (χ0v) is 11.3. The number of aryl methyl sites for hydroxylation is 2. The van der Waals surface area contributed by atoms with Gasteiger partial charge in [0.25, 0.3) is 0 Å². The zero-order valence-electron chi connectivity index (χ0n) is 11.3. The normalized spacial score (nSPS) is 14.2. The standard InChI is InChI=1S/C13H22N2O2/c1-6-8(2)14-13(16)15-10(4)12-7-9(3)17-11(12)5/h7-8,10H,6H2,1-5H3,(H2,14,15,16). The van der Waals surface area contributed by atoms with Crippen LogP contribution in [0.3, 0.4) is 0 Å². The highest BCUT2D eigenvalue weighted by Crippen LogP contribution is 2.20. The first-order chi connectivity index (χ1) is 7.93. The molecule has 96 valence electrons. The van der Waals surface area contributed by atoms with Crippen LogP contribution in [-0.2, 0) is 0 Å². The largest absolute Gasteiger partial charge is 0.466 e. The predicted octanol–water partition coefficient (Wildman–Crippen LogP) is 3.06. The first kappa shape index (κ1) is 13.6. The van der Waals surface area contributed by atoms with Crippen molar-refractivity contribution in [1.29, 1.82) is 0 Å². The van der Waals surface area contributed by atoms with Gasteiger partial charge in [0.1, 0.15) is 11.5 Å². The van der Waals surface area contributed by atoms with Gasteiger partial charge >= 0.3 is 6.03 Å². The molecule has 0 spiro atoms. The van der Waals surface area contributed by atoms with Crippen molar-refractivity contribution in [2.45, 2.75) is 53.1 Å². The third kappa shape index (κ3) is 3.80. The topological polar surface area (TPSA) is 54.3 Å². The van der Waals surface area contributed by atoms with Crippen LogP contribution in [-0.4, -0.2) is 12.1 Å². The van der Waals surface area contributed by atoms with Crippen LogP contribution in [0.4, 0.5) is 4.79 Å². The second-order valence-electron chi connectivity index (χ2n) is 4.52. The van der Waals surface area contributed by atoms with Crippen molar-refractivity contribution in [3.63, 3.8) is 0 Å². The molecule has 1 aromatic rings. The summed E-state index contributed by atoms with van der Waals surface area (Å²) >= 11 is 0. The Morgan fingerprint density at radius 1 is 1.35 bits per heavy atom. The average Bonchev–Trinajstić information content (AvgIpc) is 2.57. The Morgan fingerprint density at radius 3 is 2.47 bits per heavy atom. The molecule has 17 heavy (non-hydrogen) atoms. The van der Waals surface area contributed by atoms with Crippen molar-refractivity contribution in [1.82, 2.24) is 10.6 Å². The van der Waals surface area contributed by atoms with E-state index in [2.05, 4.69) is 10.6 Å². The third-order valence-electron chi connectivity index (χ3n) is 2.88. The monoisotopic (exact) mass is 238 g/mol. The number of nitrogens with one attached hydrogen (secondary N) is 2. The van der Waals surface area contributed by atoms with E-state index in [9.17, 15) is 4.79 Å². The Bertz CT molecular complexity index is 385. The number of hydrogen-bond donors (Lipinski definition) is 2. The summed E-state index contributed by atoms with van der Waals surface area (Å²) in [5.74, 6) is 1.73. The maximum atomic E-state index is 11.7. The van der Waals surface area contributed by atoms with E-state index in [0.29, 0.717) is 0 Å². The minimum Gasteiger partial charge on any atom is -0.466 e. The molecule has 0 radical (unpaired) electrons. The second kappa shape index (κ2) is 5.75. The van der Waals surface area contributed by atoms with Gasteiger partial charge < -0.3 is 15.1 Å². The maximum Gasteiger partial charge on any atom is 0.315 e. The van der Waals surface area contributed by atoms with Crippen LogP contribution >= 0.6 is 0 Å². The maximum absolute atomic E-state index is 11.7. The van der Waals surface area contributed by atoms with Crippen molar-refractivity contribution in [3.05, 3.63) is 23.2 Å². The quantitative estimate of drug-likeness (QED) is 0.847. The zero-order chi connectivity index (χ0) is 13.0. The molecule has 0 aliphatic carbocycles. The molecule has 1 rings (SSSR count). The second-order valence-corrected chi connectivity index (χ2v) is 4.52. The lowest BCUT2D eigenvalue weighted by atomic mass is 10.1. The molecule has 0 aromatic carbocycles. The number of carbonyl (C=O) groups excluding carboxylic acids is 1. The molecule has 4 heteroatoms. The number of rotatable bonds is 4. The SMILES string of the molecule is CCC(C)NC(=O)NC(C)c1cc(C)oc1C. The molecule has 2 amide bonds.